The Kier molecular flexibility index (Phi) is 6.32. The smallest absolute Gasteiger partial charge is 0.335 e. The second-order valence-electron chi connectivity index (χ2n) is 7.64. The fourth-order valence-corrected chi connectivity index (χ4v) is 4.03. The van der Waals surface area contributed by atoms with E-state index in [1.807, 2.05) is 4.90 Å². The zero-order valence-electron chi connectivity index (χ0n) is 17.8. The average Bonchev–Trinajstić information content (AvgIpc) is 2.79. The molecule has 0 saturated heterocycles. The second-order valence-corrected chi connectivity index (χ2v) is 7.64. The van der Waals surface area contributed by atoms with Crippen LogP contribution in [0.4, 0.5) is 4.39 Å². The number of nitrogens with zero attached hydrogens (tertiary/aromatic N) is 2. The summed E-state index contributed by atoms with van der Waals surface area (Å²) in [5.74, 6) is -0.743. The fraction of sp³-hybridized carbons (Fsp3) is 0.292. The van der Waals surface area contributed by atoms with Crippen molar-refractivity contribution in [3.05, 3.63) is 86.3 Å². The zero-order chi connectivity index (χ0) is 22.7. The van der Waals surface area contributed by atoms with Crippen molar-refractivity contribution in [1.82, 2.24) is 14.5 Å². The molecule has 0 saturated carbocycles. The van der Waals surface area contributed by atoms with Crippen LogP contribution < -0.4 is 11.2 Å². The molecule has 1 aliphatic heterocycles. The minimum absolute atomic E-state index is 0.195. The quantitative estimate of drug-likeness (QED) is 0.599. The molecule has 0 amide bonds. The SMILES string of the molecule is CCOC(=O)C1=C(c2ccc(F)cc2)CCN(CCn2c(=O)[nH]c3ccccc3c2=O)C1. The molecule has 0 aliphatic carbocycles. The van der Waals surface area contributed by atoms with Gasteiger partial charge in [0.25, 0.3) is 5.56 Å². The number of aromatic amines is 1. The van der Waals surface area contributed by atoms with E-state index in [9.17, 15) is 18.8 Å². The first kappa shape index (κ1) is 21.7. The van der Waals surface area contributed by atoms with Crippen molar-refractivity contribution in [2.45, 2.75) is 19.9 Å². The van der Waals surface area contributed by atoms with Gasteiger partial charge in [-0.2, -0.15) is 0 Å². The lowest BCUT2D eigenvalue weighted by molar-refractivity contribution is -0.138. The molecule has 1 N–H and O–H groups in total. The van der Waals surface area contributed by atoms with Crippen LogP contribution in [0.5, 0.6) is 0 Å². The van der Waals surface area contributed by atoms with E-state index in [0.717, 1.165) is 11.1 Å². The first-order chi connectivity index (χ1) is 15.5. The Morgan fingerprint density at radius 1 is 1.09 bits per heavy atom. The molecule has 1 aliphatic rings. The summed E-state index contributed by atoms with van der Waals surface area (Å²) >= 11 is 0. The van der Waals surface area contributed by atoms with E-state index < -0.39 is 11.7 Å². The molecular weight excluding hydrogens is 413 g/mol. The van der Waals surface area contributed by atoms with Gasteiger partial charge in [-0.3, -0.25) is 14.3 Å². The summed E-state index contributed by atoms with van der Waals surface area (Å²) in [7, 11) is 0. The third-order valence-corrected chi connectivity index (χ3v) is 5.67. The second kappa shape index (κ2) is 9.32. The number of ether oxygens (including phenoxy) is 1. The molecular formula is C24H24FN3O4. The van der Waals surface area contributed by atoms with Crippen LogP contribution in [0.2, 0.25) is 0 Å². The molecule has 2 heterocycles. The van der Waals surface area contributed by atoms with Crippen LogP contribution in [-0.2, 0) is 16.1 Å². The number of carbonyl (C=O) groups is 1. The third kappa shape index (κ3) is 4.40. The molecule has 0 fully saturated rings. The maximum Gasteiger partial charge on any atom is 0.335 e. The average molecular weight is 437 g/mol. The number of rotatable bonds is 6. The highest BCUT2D eigenvalue weighted by atomic mass is 19.1. The lowest BCUT2D eigenvalue weighted by Gasteiger charge is -2.30. The highest BCUT2D eigenvalue weighted by Gasteiger charge is 2.26. The van der Waals surface area contributed by atoms with Crippen molar-refractivity contribution < 1.29 is 13.9 Å². The molecule has 0 spiro atoms. The number of H-pyrrole nitrogens is 1. The predicted molar refractivity (Wildman–Crippen MR) is 120 cm³/mol. The van der Waals surface area contributed by atoms with Crippen LogP contribution in [0.15, 0.2) is 63.7 Å². The number of hydrogen-bond donors (Lipinski definition) is 1. The predicted octanol–water partition coefficient (Wildman–Crippen LogP) is 2.55. The molecule has 0 bridgehead atoms. The molecule has 8 heteroatoms. The van der Waals surface area contributed by atoms with Crippen LogP contribution in [-0.4, -0.2) is 46.7 Å². The summed E-state index contributed by atoms with van der Waals surface area (Å²) in [5, 5.41) is 0.455. The topological polar surface area (TPSA) is 84.4 Å². The van der Waals surface area contributed by atoms with Crippen LogP contribution in [0.25, 0.3) is 16.5 Å². The van der Waals surface area contributed by atoms with E-state index in [4.69, 9.17) is 4.74 Å². The maximum absolute atomic E-state index is 13.3. The number of halogens is 1. The molecule has 7 nitrogen and oxygen atoms in total. The zero-order valence-corrected chi connectivity index (χ0v) is 17.8. The molecule has 32 heavy (non-hydrogen) atoms. The molecule has 3 aromatic rings. The van der Waals surface area contributed by atoms with Crippen molar-refractivity contribution in [1.29, 1.82) is 0 Å². The van der Waals surface area contributed by atoms with E-state index in [1.54, 1.807) is 43.3 Å². The van der Waals surface area contributed by atoms with Gasteiger partial charge >= 0.3 is 11.7 Å². The van der Waals surface area contributed by atoms with Gasteiger partial charge in [-0.05, 0) is 48.7 Å². The van der Waals surface area contributed by atoms with E-state index in [2.05, 4.69) is 4.98 Å². The minimum Gasteiger partial charge on any atom is -0.463 e. The van der Waals surface area contributed by atoms with Gasteiger partial charge < -0.3 is 9.72 Å². The van der Waals surface area contributed by atoms with Gasteiger partial charge in [-0.15, -0.1) is 0 Å². The van der Waals surface area contributed by atoms with Gasteiger partial charge in [0.15, 0.2) is 0 Å². The summed E-state index contributed by atoms with van der Waals surface area (Å²) in [6, 6.07) is 13.0. The van der Waals surface area contributed by atoms with Crippen LogP contribution in [0.3, 0.4) is 0 Å². The summed E-state index contributed by atoms with van der Waals surface area (Å²) in [6.45, 7) is 3.57. The first-order valence-corrected chi connectivity index (χ1v) is 10.6. The number of para-hydroxylation sites is 1. The van der Waals surface area contributed by atoms with Crippen molar-refractivity contribution in [2.24, 2.45) is 0 Å². The van der Waals surface area contributed by atoms with E-state index in [1.165, 1.54) is 16.7 Å². The highest BCUT2D eigenvalue weighted by molar-refractivity contribution is 5.98. The van der Waals surface area contributed by atoms with Gasteiger partial charge in [0, 0.05) is 26.2 Å². The van der Waals surface area contributed by atoms with Crippen molar-refractivity contribution in [3.63, 3.8) is 0 Å². The van der Waals surface area contributed by atoms with E-state index >= 15 is 0 Å². The van der Waals surface area contributed by atoms with Crippen LogP contribution in [0, 0.1) is 5.82 Å². The summed E-state index contributed by atoms with van der Waals surface area (Å²) in [5.41, 5.74) is 1.85. The van der Waals surface area contributed by atoms with E-state index in [-0.39, 0.29) is 24.5 Å². The van der Waals surface area contributed by atoms with Crippen molar-refractivity contribution in [3.8, 4) is 0 Å². The van der Waals surface area contributed by atoms with Gasteiger partial charge in [-0.25, -0.2) is 14.0 Å². The standard InChI is InChI=1S/C24H24FN3O4/c1-2-32-23(30)20-15-27(12-11-18(20)16-7-9-17(25)10-8-16)13-14-28-22(29)19-5-3-4-6-21(19)26-24(28)31/h3-10H,2,11-15H2,1H3,(H,26,31). The van der Waals surface area contributed by atoms with E-state index in [0.29, 0.717) is 42.5 Å². The largest absolute Gasteiger partial charge is 0.463 e. The molecule has 0 atom stereocenters. The minimum atomic E-state index is -0.459. The number of carbonyl (C=O) groups excluding carboxylic acids is 1. The molecule has 0 radical (unpaired) electrons. The number of esters is 1. The van der Waals surface area contributed by atoms with Crippen molar-refractivity contribution >= 4 is 22.4 Å². The Hall–Kier alpha value is -3.52. The van der Waals surface area contributed by atoms with Gasteiger partial charge in [0.2, 0.25) is 0 Å². The Morgan fingerprint density at radius 3 is 2.59 bits per heavy atom. The number of hydrogen-bond acceptors (Lipinski definition) is 5. The van der Waals surface area contributed by atoms with Gasteiger partial charge in [0.1, 0.15) is 5.82 Å². The molecule has 1 aromatic heterocycles. The molecule has 4 rings (SSSR count). The Labute approximate surface area is 183 Å². The summed E-state index contributed by atoms with van der Waals surface area (Å²) in [4.78, 5) is 42.6. The molecule has 2 aromatic carbocycles. The third-order valence-electron chi connectivity index (χ3n) is 5.67. The Bertz CT molecular complexity index is 1290. The number of fused-ring (bicyclic) bond motifs is 1. The monoisotopic (exact) mass is 437 g/mol. The first-order valence-electron chi connectivity index (χ1n) is 10.6. The molecule has 0 unspecified atom stereocenters. The lowest BCUT2D eigenvalue weighted by Crippen LogP contribution is -2.41. The summed E-state index contributed by atoms with van der Waals surface area (Å²) < 4.78 is 19.8. The van der Waals surface area contributed by atoms with Crippen molar-refractivity contribution in [2.75, 3.05) is 26.2 Å². The molecule has 166 valence electrons. The Morgan fingerprint density at radius 2 is 1.84 bits per heavy atom. The number of benzene rings is 2. The fourth-order valence-electron chi connectivity index (χ4n) is 4.03. The van der Waals surface area contributed by atoms with Crippen LogP contribution in [0.1, 0.15) is 18.9 Å². The Balaban J connectivity index is 1.57. The van der Waals surface area contributed by atoms with Gasteiger partial charge in [0.05, 0.1) is 23.1 Å². The van der Waals surface area contributed by atoms with Gasteiger partial charge in [-0.1, -0.05) is 24.3 Å². The normalized spacial score (nSPS) is 14.7. The lowest BCUT2D eigenvalue weighted by atomic mass is 9.93. The van der Waals surface area contributed by atoms with Crippen LogP contribution >= 0.6 is 0 Å². The number of aromatic nitrogens is 2. The number of nitrogens with one attached hydrogen (secondary N) is 1. The highest BCUT2D eigenvalue weighted by Crippen LogP contribution is 2.28. The maximum atomic E-state index is 13.3. The summed E-state index contributed by atoms with van der Waals surface area (Å²) in [6.07, 6.45) is 0.572.